The van der Waals surface area contributed by atoms with E-state index >= 15 is 0 Å². The van der Waals surface area contributed by atoms with Crippen molar-refractivity contribution < 1.29 is 14.7 Å². The number of aliphatic hydroxyl groups excluding tert-OH is 1. The average molecular weight is 318 g/mol. The summed E-state index contributed by atoms with van der Waals surface area (Å²) in [6.07, 6.45) is 3.40. The highest BCUT2D eigenvalue weighted by molar-refractivity contribution is 6.39. The lowest BCUT2D eigenvalue weighted by atomic mass is 9.86. The lowest BCUT2D eigenvalue weighted by Crippen LogP contribution is -2.43. The van der Waals surface area contributed by atoms with Crippen molar-refractivity contribution in [1.82, 2.24) is 5.32 Å². The van der Waals surface area contributed by atoms with Gasteiger partial charge in [-0.2, -0.15) is 0 Å². The Labute approximate surface area is 137 Å². The van der Waals surface area contributed by atoms with Crippen LogP contribution in [0.5, 0.6) is 0 Å². The highest BCUT2D eigenvalue weighted by Crippen LogP contribution is 2.23. The minimum Gasteiger partial charge on any atom is -0.396 e. The second-order valence-electron chi connectivity index (χ2n) is 6.61. The minimum atomic E-state index is -0.629. The van der Waals surface area contributed by atoms with Crippen LogP contribution in [0.15, 0.2) is 24.3 Å². The van der Waals surface area contributed by atoms with E-state index in [1.807, 2.05) is 18.2 Å². The van der Waals surface area contributed by atoms with Gasteiger partial charge in [0, 0.05) is 18.3 Å². The molecule has 0 saturated heterocycles. The molecule has 1 aliphatic carbocycles. The summed E-state index contributed by atoms with van der Waals surface area (Å²) < 4.78 is 0. The highest BCUT2D eigenvalue weighted by Gasteiger charge is 2.24. The molecule has 1 aromatic carbocycles. The molecule has 2 amide bonds. The Bertz CT molecular complexity index is 549. The quantitative estimate of drug-likeness (QED) is 0.746. The average Bonchev–Trinajstić information content (AvgIpc) is 2.55. The molecule has 1 aliphatic rings. The zero-order chi connectivity index (χ0) is 16.8. The molecule has 0 radical (unpaired) electrons. The maximum absolute atomic E-state index is 12.0. The Balaban J connectivity index is 1.86. The Morgan fingerprint density at radius 2 is 1.87 bits per heavy atom. The van der Waals surface area contributed by atoms with Crippen molar-refractivity contribution >= 4 is 17.5 Å². The number of aliphatic hydroxyl groups is 1. The van der Waals surface area contributed by atoms with Crippen molar-refractivity contribution in [3.05, 3.63) is 29.8 Å². The van der Waals surface area contributed by atoms with Gasteiger partial charge in [-0.3, -0.25) is 9.59 Å². The van der Waals surface area contributed by atoms with Crippen LogP contribution < -0.4 is 10.6 Å². The van der Waals surface area contributed by atoms with Gasteiger partial charge in [-0.1, -0.05) is 26.0 Å². The minimum absolute atomic E-state index is 0.0260. The van der Waals surface area contributed by atoms with Crippen LogP contribution in [0.1, 0.15) is 51.0 Å². The SMILES string of the molecule is CC(C)c1cccc(NC(=O)C(=O)NC2CCC(CO)CC2)c1. The van der Waals surface area contributed by atoms with E-state index in [0.29, 0.717) is 17.5 Å². The molecule has 1 saturated carbocycles. The fraction of sp³-hybridized carbons (Fsp3) is 0.556. The fourth-order valence-electron chi connectivity index (χ4n) is 2.90. The van der Waals surface area contributed by atoms with E-state index in [9.17, 15) is 9.59 Å². The van der Waals surface area contributed by atoms with Gasteiger partial charge in [0.15, 0.2) is 0 Å². The molecule has 3 N–H and O–H groups in total. The molecule has 5 nitrogen and oxygen atoms in total. The summed E-state index contributed by atoms with van der Waals surface area (Å²) in [6.45, 7) is 4.36. The maximum Gasteiger partial charge on any atom is 0.313 e. The number of amides is 2. The summed E-state index contributed by atoms with van der Waals surface area (Å²) in [6, 6.07) is 7.57. The van der Waals surface area contributed by atoms with Crippen LogP contribution in [0.4, 0.5) is 5.69 Å². The summed E-state index contributed by atoms with van der Waals surface area (Å²) in [4.78, 5) is 24.0. The van der Waals surface area contributed by atoms with Crippen molar-refractivity contribution in [2.45, 2.75) is 51.5 Å². The third-order valence-electron chi connectivity index (χ3n) is 4.46. The second kappa shape index (κ2) is 8.11. The monoisotopic (exact) mass is 318 g/mol. The number of hydrogen-bond acceptors (Lipinski definition) is 3. The zero-order valence-corrected chi connectivity index (χ0v) is 13.8. The van der Waals surface area contributed by atoms with Crippen LogP contribution in [0, 0.1) is 5.92 Å². The molecule has 0 unspecified atom stereocenters. The third-order valence-corrected chi connectivity index (χ3v) is 4.46. The van der Waals surface area contributed by atoms with E-state index in [-0.39, 0.29) is 12.6 Å². The molecule has 0 heterocycles. The van der Waals surface area contributed by atoms with Gasteiger partial charge < -0.3 is 15.7 Å². The first-order valence-corrected chi connectivity index (χ1v) is 8.32. The summed E-state index contributed by atoms with van der Waals surface area (Å²) in [5.74, 6) is -0.527. The first kappa shape index (κ1) is 17.5. The van der Waals surface area contributed by atoms with Crippen LogP contribution in [0.2, 0.25) is 0 Å². The molecule has 23 heavy (non-hydrogen) atoms. The van der Waals surface area contributed by atoms with Crippen molar-refractivity contribution in [3.8, 4) is 0 Å². The van der Waals surface area contributed by atoms with Crippen LogP contribution in [0.3, 0.4) is 0 Å². The second-order valence-corrected chi connectivity index (χ2v) is 6.61. The molecule has 1 aromatic rings. The van der Waals surface area contributed by atoms with Gasteiger partial charge in [0.25, 0.3) is 0 Å². The predicted octanol–water partition coefficient (Wildman–Crippen LogP) is 2.42. The van der Waals surface area contributed by atoms with Crippen LogP contribution >= 0.6 is 0 Å². The van der Waals surface area contributed by atoms with Crippen LogP contribution in [-0.2, 0) is 9.59 Å². The molecule has 0 aliphatic heterocycles. The molecular formula is C18H26N2O3. The molecular weight excluding hydrogens is 292 g/mol. The number of nitrogens with one attached hydrogen (secondary N) is 2. The lowest BCUT2D eigenvalue weighted by molar-refractivity contribution is -0.136. The van der Waals surface area contributed by atoms with E-state index < -0.39 is 11.8 Å². The number of rotatable bonds is 4. The van der Waals surface area contributed by atoms with Gasteiger partial charge in [-0.15, -0.1) is 0 Å². The van der Waals surface area contributed by atoms with E-state index in [1.54, 1.807) is 6.07 Å². The van der Waals surface area contributed by atoms with E-state index in [1.165, 1.54) is 0 Å². The normalized spacial score (nSPS) is 21.0. The van der Waals surface area contributed by atoms with E-state index in [4.69, 9.17) is 5.11 Å². The molecule has 0 bridgehead atoms. The van der Waals surface area contributed by atoms with Crippen LogP contribution in [0.25, 0.3) is 0 Å². The van der Waals surface area contributed by atoms with Gasteiger partial charge in [0.1, 0.15) is 0 Å². The van der Waals surface area contributed by atoms with Crippen molar-refractivity contribution in [2.24, 2.45) is 5.92 Å². The number of carbonyl (C=O) groups excluding carboxylic acids is 2. The molecule has 0 aromatic heterocycles. The number of anilines is 1. The zero-order valence-electron chi connectivity index (χ0n) is 13.8. The summed E-state index contributed by atoms with van der Waals surface area (Å²) in [7, 11) is 0. The van der Waals surface area contributed by atoms with Gasteiger partial charge in [-0.25, -0.2) is 0 Å². The first-order valence-electron chi connectivity index (χ1n) is 8.32. The van der Waals surface area contributed by atoms with Crippen LogP contribution in [-0.4, -0.2) is 29.6 Å². The first-order chi connectivity index (χ1) is 11.0. The van der Waals surface area contributed by atoms with Gasteiger partial charge in [0.2, 0.25) is 0 Å². The Kier molecular flexibility index (Phi) is 6.16. The molecule has 5 heteroatoms. The van der Waals surface area contributed by atoms with E-state index in [0.717, 1.165) is 31.2 Å². The Morgan fingerprint density at radius 1 is 1.17 bits per heavy atom. The lowest BCUT2D eigenvalue weighted by Gasteiger charge is -2.27. The number of hydrogen-bond donors (Lipinski definition) is 3. The fourth-order valence-corrected chi connectivity index (χ4v) is 2.90. The number of benzene rings is 1. The third kappa shape index (κ3) is 5.06. The summed E-state index contributed by atoms with van der Waals surface area (Å²) >= 11 is 0. The van der Waals surface area contributed by atoms with Crippen molar-refractivity contribution in [3.63, 3.8) is 0 Å². The van der Waals surface area contributed by atoms with Gasteiger partial charge in [0.05, 0.1) is 0 Å². The smallest absolute Gasteiger partial charge is 0.313 e. The molecule has 1 fully saturated rings. The maximum atomic E-state index is 12.0. The Morgan fingerprint density at radius 3 is 2.48 bits per heavy atom. The van der Waals surface area contributed by atoms with Gasteiger partial charge in [-0.05, 0) is 55.2 Å². The predicted molar refractivity (Wildman–Crippen MR) is 90.1 cm³/mol. The van der Waals surface area contributed by atoms with Crippen molar-refractivity contribution in [2.75, 3.05) is 11.9 Å². The summed E-state index contributed by atoms with van der Waals surface area (Å²) in [5.41, 5.74) is 1.76. The molecule has 0 atom stereocenters. The summed E-state index contributed by atoms with van der Waals surface area (Å²) in [5, 5.41) is 14.6. The van der Waals surface area contributed by atoms with Gasteiger partial charge >= 0.3 is 11.8 Å². The highest BCUT2D eigenvalue weighted by atomic mass is 16.3. The molecule has 126 valence electrons. The largest absolute Gasteiger partial charge is 0.396 e. The topological polar surface area (TPSA) is 78.4 Å². The molecule has 0 spiro atoms. The van der Waals surface area contributed by atoms with Crippen molar-refractivity contribution in [1.29, 1.82) is 0 Å². The molecule has 2 rings (SSSR count). The number of carbonyl (C=O) groups is 2. The standard InChI is InChI=1S/C18H26N2O3/c1-12(2)14-4-3-5-16(10-14)20-18(23)17(22)19-15-8-6-13(11-21)7-9-15/h3-5,10,12-13,15,21H,6-9,11H2,1-2H3,(H,19,22)(H,20,23). The Hall–Kier alpha value is -1.88. The van der Waals surface area contributed by atoms with E-state index in [2.05, 4.69) is 24.5 Å².